The van der Waals surface area contributed by atoms with Crippen molar-refractivity contribution < 1.29 is 48.5 Å². The van der Waals surface area contributed by atoms with Gasteiger partial charge in [-0.05, 0) is 62.2 Å². The van der Waals surface area contributed by atoms with Crippen LogP contribution in [-0.4, -0.2) is 120 Å². The normalized spacial score (nSPS) is 15.5. The van der Waals surface area contributed by atoms with E-state index in [9.17, 15) is 43.8 Å². The van der Waals surface area contributed by atoms with E-state index in [1.807, 2.05) is 41.5 Å². The number of esters is 1. The van der Waals surface area contributed by atoms with Crippen molar-refractivity contribution in [3.8, 4) is 0 Å². The number of nitrogens with one attached hydrogen (secondary N) is 6. The second-order valence-corrected chi connectivity index (χ2v) is 17.5. The first-order chi connectivity index (χ1) is 27.8. The number of ether oxygens (including phenoxy) is 1. The minimum Gasteiger partial charge on any atom is -0.467 e. The fourth-order valence-corrected chi connectivity index (χ4v) is 6.31. The highest BCUT2D eigenvalue weighted by molar-refractivity contribution is 5.93. The predicted octanol–water partition coefficient (Wildman–Crippen LogP) is 0.0940. The third kappa shape index (κ3) is 22.7. The van der Waals surface area contributed by atoms with E-state index in [-0.39, 0.29) is 73.7 Å². The van der Waals surface area contributed by atoms with E-state index in [0.717, 1.165) is 0 Å². The number of nitrogens with zero attached hydrogens (tertiary/aromatic N) is 1. The van der Waals surface area contributed by atoms with E-state index in [0.29, 0.717) is 6.42 Å². The van der Waals surface area contributed by atoms with Crippen LogP contribution in [0.4, 0.5) is 0 Å². The van der Waals surface area contributed by atoms with Crippen LogP contribution in [0.15, 0.2) is 4.99 Å². The van der Waals surface area contributed by atoms with Crippen molar-refractivity contribution in [3.63, 3.8) is 0 Å². The molecule has 6 amide bonds. The summed E-state index contributed by atoms with van der Waals surface area (Å²) < 4.78 is 4.79. The van der Waals surface area contributed by atoms with Crippen molar-refractivity contribution in [1.29, 1.82) is 0 Å². The van der Waals surface area contributed by atoms with Gasteiger partial charge in [0.25, 0.3) is 0 Å². The number of hydrogen-bond donors (Lipinski definition) is 10. The molecular weight excluding hydrogens is 779 g/mol. The van der Waals surface area contributed by atoms with Crippen LogP contribution < -0.4 is 43.4 Å². The number of rotatable bonds is 28. The molecule has 0 heterocycles. The van der Waals surface area contributed by atoms with Crippen molar-refractivity contribution in [2.24, 2.45) is 46.0 Å². The quantitative estimate of drug-likeness (QED) is 0.0217. The van der Waals surface area contributed by atoms with Crippen molar-refractivity contribution >= 4 is 47.4 Å². The Morgan fingerprint density at radius 3 is 1.43 bits per heavy atom. The first kappa shape index (κ1) is 55.5. The molecule has 0 spiro atoms. The monoisotopic (exact) mass is 856 g/mol. The Bertz CT molecular complexity index is 1420. The molecule has 0 fully saturated rings. The zero-order valence-electron chi connectivity index (χ0n) is 37.9. The van der Waals surface area contributed by atoms with Crippen LogP contribution in [0.5, 0.6) is 0 Å². The van der Waals surface area contributed by atoms with Crippen molar-refractivity contribution in [3.05, 3.63) is 0 Å². The molecule has 0 aromatic carbocycles. The number of carbonyl (C=O) groups is 7. The number of aliphatic imine (C=N–C) groups is 1. The Kier molecular flexibility index (Phi) is 26.0. The molecular formula is C41H77N9O10. The highest BCUT2D eigenvalue weighted by atomic mass is 16.5. The fourth-order valence-electron chi connectivity index (χ4n) is 6.31. The van der Waals surface area contributed by atoms with Crippen molar-refractivity contribution in [1.82, 2.24) is 31.9 Å². The van der Waals surface area contributed by atoms with Crippen molar-refractivity contribution in [2.45, 2.75) is 170 Å². The van der Waals surface area contributed by atoms with Crippen LogP contribution >= 0.6 is 0 Å². The molecule has 0 saturated carbocycles. The summed E-state index contributed by atoms with van der Waals surface area (Å²) in [5.74, 6) is -4.74. The Labute approximate surface area is 356 Å². The van der Waals surface area contributed by atoms with E-state index in [4.69, 9.17) is 16.2 Å². The van der Waals surface area contributed by atoms with E-state index < -0.39 is 96.8 Å². The molecule has 12 N–H and O–H groups in total. The zero-order valence-corrected chi connectivity index (χ0v) is 37.9. The van der Waals surface area contributed by atoms with Crippen LogP contribution in [0.25, 0.3) is 0 Å². The molecule has 0 radical (unpaired) electrons. The molecule has 8 atom stereocenters. The second kappa shape index (κ2) is 28.1. The van der Waals surface area contributed by atoms with E-state index in [1.54, 1.807) is 27.7 Å². The molecule has 0 bridgehead atoms. The highest BCUT2D eigenvalue weighted by Crippen LogP contribution is 2.15. The zero-order chi connectivity index (χ0) is 46.4. The van der Waals surface area contributed by atoms with Crippen LogP contribution in [0.3, 0.4) is 0 Å². The lowest BCUT2D eigenvalue weighted by Crippen LogP contribution is -2.59. The fraction of sp³-hybridized carbons (Fsp3) is 0.805. The number of carbonyl (C=O) groups excluding carboxylic acids is 7. The number of nitrogens with two attached hydrogens (primary N) is 2. The molecule has 0 aliphatic heterocycles. The molecule has 19 heteroatoms. The highest BCUT2D eigenvalue weighted by Gasteiger charge is 2.34. The summed E-state index contributed by atoms with van der Waals surface area (Å²) in [6.45, 7) is 20.0. The minimum absolute atomic E-state index is 0.0139. The SMILES string of the molecule is COC(=O)[C@H](CCCN=C(N)N)NC(=O)CC(O)[C@H](CC(C)C)NC(=O)[C@H](C)NC(=O)CC(O)[C@H](CC(C)C)NC(=O)[C@@H](NC(=O)[C@@H](NC(=O)CC(C)C)C(C)C)C(C)C. The topological polar surface area (TPSA) is 306 Å². The molecule has 0 saturated heterocycles. The number of methoxy groups -OCH3 is 1. The molecule has 0 aliphatic carbocycles. The van der Waals surface area contributed by atoms with Gasteiger partial charge >= 0.3 is 5.97 Å². The first-order valence-corrected chi connectivity index (χ1v) is 21.1. The summed E-state index contributed by atoms with van der Waals surface area (Å²) in [6.07, 6.45) is -2.33. The Morgan fingerprint density at radius 2 is 1.00 bits per heavy atom. The maximum atomic E-state index is 13.6. The second-order valence-electron chi connectivity index (χ2n) is 17.5. The number of guanidine groups is 1. The summed E-state index contributed by atoms with van der Waals surface area (Å²) in [4.78, 5) is 95.0. The molecule has 19 nitrogen and oxygen atoms in total. The summed E-state index contributed by atoms with van der Waals surface area (Å²) in [6, 6.07) is -5.83. The molecule has 346 valence electrons. The largest absolute Gasteiger partial charge is 0.467 e. The Hall–Kier alpha value is -4.52. The maximum Gasteiger partial charge on any atom is 0.328 e. The van der Waals surface area contributed by atoms with Gasteiger partial charge in [0.1, 0.15) is 24.2 Å². The lowest BCUT2D eigenvalue weighted by atomic mass is 9.95. The Balaban J connectivity index is 5.69. The number of aliphatic hydroxyl groups is 2. The summed E-state index contributed by atoms with van der Waals surface area (Å²) in [7, 11) is 1.18. The van der Waals surface area contributed by atoms with Crippen LogP contribution in [0, 0.1) is 29.6 Å². The van der Waals surface area contributed by atoms with Gasteiger partial charge in [0.15, 0.2) is 5.96 Å². The predicted molar refractivity (Wildman–Crippen MR) is 228 cm³/mol. The van der Waals surface area contributed by atoms with Gasteiger partial charge in [0.2, 0.25) is 35.4 Å². The number of hydrogen-bond acceptors (Lipinski definition) is 11. The third-order valence-electron chi connectivity index (χ3n) is 9.47. The summed E-state index contributed by atoms with van der Waals surface area (Å²) in [5, 5.41) is 38.4. The van der Waals surface area contributed by atoms with Crippen LogP contribution in [0.1, 0.15) is 121 Å². The third-order valence-corrected chi connectivity index (χ3v) is 9.47. The van der Waals surface area contributed by atoms with E-state index >= 15 is 0 Å². The number of amides is 6. The van der Waals surface area contributed by atoms with Gasteiger partial charge in [-0.25, -0.2) is 4.79 Å². The molecule has 0 aromatic rings. The van der Waals surface area contributed by atoms with E-state index in [2.05, 4.69) is 36.9 Å². The van der Waals surface area contributed by atoms with Gasteiger partial charge in [-0.2, -0.15) is 0 Å². The van der Waals surface area contributed by atoms with E-state index in [1.165, 1.54) is 14.0 Å². The lowest BCUT2D eigenvalue weighted by molar-refractivity contribution is -0.145. The van der Waals surface area contributed by atoms with Gasteiger partial charge < -0.3 is 58.3 Å². The molecule has 0 rings (SSSR count). The van der Waals surface area contributed by atoms with Crippen LogP contribution in [0.2, 0.25) is 0 Å². The van der Waals surface area contributed by atoms with Gasteiger partial charge in [-0.3, -0.25) is 33.8 Å². The van der Waals surface area contributed by atoms with Gasteiger partial charge in [-0.1, -0.05) is 69.2 Å². The smallest absolute Gasteiger partial charge is 0.328 e. The first-order valence-electron chi connectivity index (χ1n) is 21.1. The average Bonchev–Trinajstić information content (AvgIpc) is 3.11. The van der Waals surface area contributed by atoms with Crippen molar-refractivity contribution in [2.75, 3.05) is 13.7 Å². The Morgan fingerprint density at radius 1 is 0.567 bits per heavy atom. The van der Waals surface area contributed by atoms with Crippen LogP contribution in [-0.2, 0) is 38.3 Å². The standard InChI is InChI=1S/C41H77N9O10/c1-21(2)16-28(31(52)20-34(55)46-27(40(59)60-12)14-13-15-44-41(42)43)47-37(56)26(11)45-33(54)19-30(51)29(17-22(3)4)48-38(57)36(25(9)10)50-39(58)35(24(7)8)49-32(53)18-23(5)6/h21-31,35-36,51-52H,13-20H2,1-12H3,(H,45,54)(H,46,55)(H,47,56)(H,48,57)(H,49,53)(H,50,58)(H4,42,43,44)/t26-,27-,28-,29-,30?,31?,35-,36-/m0/s1. The maximum absolute atomic E-state index is 13.6. The lowest BCUT2D eigenvalue weighted by Gasteiger charge is -2.31. The summed E-state index contributed by atoms with van der Waals surface area (Å²) in [5.41, 5.74) is 10.7. The average molecular weight is 856 g/mol. The minimum atomic E-state index is -1.37. The van der Waals surface area contributed by atoms with Gasteiger partial charge in [0.05, 0.1) is 44.2 Å². The molecule has 2 unspecified atom stereocenters. The van der Waals surface area contributed by atoms with Gasteiger partial charge in [0, 0.05) is 13.0 Å². The van der Waals surface area contributed by atoms with Gasteiger partial charge in [-0.15, -0.1) is 0 Å². The molecule has 60 heavy (non-hydrogen) atoms. The molecule has 0 aliphatic rings. The summed E-state index contributed by atoms with van der Waals surface area (Å²) >= 11 is 0. The molecule has 0 aromatic heterocycles. The number of aliphatic hydroxyl groups excluding tert-OH is 2.